The van der Waals surface area contributed by atoms with Gasteiger partial charge in [0.25, 0.3) is 5.91 Å². The van der Waals surface area contributed by atoms with Crippen molar-refractivity contribution >= 4 is 35.6 Å². The number of hydrogen-bond donors (Lipinski definition) is 3. The van der Waals surface area contributed by atoms with Crippen LogP contribution in [0.1, 0.15) is 22.3 Å². The van der Waals surface area contributed by atoms with Gasteiger partial charge in [-0.3, -0.25) is 9.59 Å². The molecule has 2 unspecified atom stereocenters. The monoisotopic (exact) mass is 387 g/mol. The highest BCUT2D eigenvalue weighted by molar-refractivity contribution is 6.08. The molecule has 4 rings (SSSR count). The number of aliphatic hydroxyl groups is 1. The molecule has 0 radical (unpaired) electrons. The molecule has 7 heteroatoms. The molecule has 2 aliphatic heterocycles. The number of hydrogen-bond acceptors (Lipinski definition) is 4. The van der Waals surface area contributed by atoms with Crippen LogP contribution in [0, 0.1) is 0 Å². The van der Waals surface area contributed by atoms with Gasteiger partial charge in [-0.25, -0.2) is 0 Å². The highest BCUT2D eigenvalue weighted by Gasteiger charge is 2.28. The first kappa shape index (κ1) is 19.4. The third kappa shape index (κ3) is 3.98. The first-order valence-corrected chi connectivity index (χ1v) is 8.84. The molecule has 27 heavy (non-hydrogen) atoms. The van der Waals surface area contributed by atoms with Crippen LogP contribution in [0.25, 0.3) is 0 Å². The molecule has 2 aromatic rings. The van der Waals surface area contributed by atoms with Gasteiger partial charge in [-0.15, -0.1) is 12.4 Å². The van der Waals surface area contributed by atoms with E-state index in [9.17, 15) is 14.7 Å². The molecule has 2 aromatic carbocycles. The van der Waals surface area contributed by atoms with Crippen molar-refractivity contribution in [2.24, 2.45) is 0 Å². The SMILES string of the molecule is Cl.O=C(Nc1cccc(C(=O)N2CCc3ccccc32)c1)C1CC(O)CN1. The lowest BCUT2D eigenvalue weighted by atomic mass is 10.1. The van der Waals surface area contributed by atoms with Gasteiger partial charge in [-0.2, -0.15) is 0 Å². The van der Waals surface area contributed by atoms with E-state index in [1.807, 2.05) is 24.3 Å². The van der Waals surface area contributed by atoms with Gasteiger partial charge in [-0.05, 0) is 42.7 Å². The predicted octanol–water partition coefficient (Wildman–Crippen LogP) is 1.97. The number of anilines is 2. The van der Waals surface area contributed by atoms with Crippen LogP contribution < -0.4 is 15.5 Å². The van der Waals surface area contributed by atoms with Gasteiger partial charge in [0.15, 0.2) is 0 Å². The molecule has 0 spiro atoms. The van der Waals surface area contributed by atoms with Crippen molar-refractivity contribution in [3.8, 4) is 0 Å². The van der Waals surface area contributed by atoms with Crippen molar-refractivity contribution in [1.29, 1.82) is 0 Å². The smallest absolute Gasteiger partial charge is 0.258 e. The maximum atomic E-state index is 12.9. The summed E-state index contributed by atoms with van der Waals surface area (Å²) in [5, 5.41) is 15.3. The van der Waals surface area contributed by atoms with Gasteiger partial charge in [0.2, 0.25) is 5.91 Å². The van der Waals surface area contributed by atoms with Gasteiger partial charge >= 0.3 is 0 Å². The number of amides is 2. The molecule has 2 aliphatic rings. The Morgan fingerprint density at radius 3 is 2.74 bits per heavy atom. The number of halogens is 1. The molecule has 3 N–H and O–H groups in total. The van der Waals surface area contributed by atoms with E-state index in [-0.39, 0.29) is 24.2 Å². The standard InChI is InChI=1S/C20H21N3O3.ClH/c24-16-11-17(21-12-16)19(25)22-15-6-3-5-14(10-15)20(26)23-9-8-13-4-1-2-7-18(13)23;/h1-7,10,16-17,21,24H,8-9,11-12H2,(H,22,25);1H. The van der Waals surface area contributed by atoms with Crippen LogP contribution in [0.3, 0.4) is 0 Å². The highest BCUT2D eigenvalue weighted by atomic mass is 35.5. The molecule has 1 saturated heterocycles. The molecule has 6 nitrogen and oxygen atoms in total. The number of benzene rings is 2. The van der Waals surface area contributed by atoms with Gasteiger partial charge in [0, 0.05) is 30.0 Å². The number of β-amino-alcohol motifs (C(OH)–C–C–N with tert-alkyl or cyclic N) is 1. The Kier molecular flexibility index (Phi) is 5.79. The van der Waals surface area contributed by atoms with Crippen LogP contribution in [0.4, 0.5) is 11.4 Å². The molecule has 2 heterocycles. The maximum Gasteiger partial charge on any atom is 0.258 e. The summed E-state index contributed by atoms with van der Waals surface area (Å²) < 4.78 is 0. The molecule has 2 atom stereocenters. The first-order valence-electron chi connectivity index (χ1n) is 8.84. The topological polar surface area (TPSA) is 81.7 Å². The number of para-hydroxylation sites is 1. The number of rotatable bonds is 3. The van der Waals surface area contributed by atoms with Crippen LogP contribution in [0.2, 0.25) is 0 Å². The third-order valence-electron chi connectivity index (χ3n) is 4.93. The molecule has 0 aromatic heterocycles. The molecular weight excluding hydrogens is 366 g/mol. The van der Waals surface area contributed by atoms with Gasteiger partial charge < -0.3 is 20.6 Å². The molecule has 0 bridgehead atoms. The van der Waals surface area contributed by atoms with Crippen molar-refractivity contribution in [2.45, 2.75) is 25.0 Å². The summed E-state index contributed by atoms with van der Waals surface area (Å²) in [6.07, 6.45) is 0.761. The van der Waals surface area contributed by atoms with Crippen molar-refractivity contribution < 1.29 is 14.7 Å². The van der Waals surface area contributed by atoms with Crippen LogP contribution in [-0.4, -0.2) is 42.2 Å². The fraction of sp³-hybridized carbons (Fsp3) is 0.300. The Bertz CT molecular complexity index is 858. The Morgan fingerprint density at radius 1 is 1.15 bits per heavy atom. The number of nitrogens with zero attached hydrogens (tertiary/aromatic N) is 1. The normalized spacial score (nSPS) is 20.7. The summed E-state index contributed by atoms with van der Waals surface area (Å²) in [5.74, 6) is -0.266. The minimum absolute atomic E-state index is 0. The lowest BCUT2D eigenvalue weighted by Crippen LogP contribution is -2.35. The van der Waals surface area contributed by atoms with E-state index in [0.29, 0.717) is 30.8 Å². The second-order valence-corrected chi connectivity index (χ2v) is 6.76. The van der Waals surface area contributed by atoms with E-state index in [4.69, 9.17) is 0 Å². The maximum absolute atomic E-state index is 12.9. The number of nitrogens with one attached hydrogen (secondary N) is 2. The average Bonchev–Trinajstić information content (AvgIpc) is 3.27. The Morgan fingerprint density at radius 2 is 1.96 bits per heavy atom. The van der Waals surface area contributed by atoms with Crippen LogP contribution >= 0.6 is 12.4 Å². The number of carbonyl (C=O) groups is 2. The average molecular weight is 388 g/mol. The summed E-state index contributed by atoms with van der Waals surface area (Å²) in [7, 11) is 0. The third-order valence-corrected chi connectivity index (χ3v) is 4.93. The van der Waals surface area contributed by atoms with Crippen molar-refractivity contribution in [1.82, 2.24) is 5.32 Å². The molecule has 1 fully saturated rings. The largest absolute Gasteiger partial charge is 0.392 e. The highest BCUT2D eigenvalue weighted by Crippen LogP contribution is 2.29. The van der Waals surface area contributed by atoms with E-state index in [2.05, 4.69) is 10.6 Å². The summed E-state index contributed by atoms with van der Waals surface area (Å²) in [5.41, 5.74) is 3.25. The van der Waals surface area contributed by atoms with Gasteiger partial charge in [0.1, 0.15) is 0 Å². The molecule has 142 valence electrons. The van der Waals surface area contributed by atoms with Crippen molar-refractivity contribution in [3.63, 3.8) is 0 Å². The van der Waals surface area contributed by atoms with Crippen LogP contribution in [0.15, 0.2) is 48.5 Å². The van der Waals surface area contributed by atoms with Crippen LogP contribution in [-0.2, 0) is 11.2 Å². The minimum atomic E-state index is -0.492. The Labute approximate surface area is 164 Å². The van der Waals surface area contributed by atoms with Crippen molar-refractivity contribution in [2.75, 3.05) is 23.3 Å². The molecule has 2 amide bonds. The van der Waals surface area contributed by atoms with E-state index in [0.717, 1.165) is 12.1 Å². The summed E-state index contributed by atoms with van der Waals surface area (Å²) >= 11 is 0. The Hall–Kier alpha value is -2.41. The molecular formula is C20H22ClN3O3. The Balaban J connectivity index is 0.00000210. The zero-order valence-corrected chi connectivity index (χ0v) is 15.5. The van der Waals surface area contributed by atoms with E-state index >= 15 is 0 Å². The van der Waals surface area contributed by atoms with E-state index in [1.165, 1.54) is 5.56 Å². The predicted molar refractivity (Wildman–Crippen MR) is 107 cm³/mol. The first-order chi connectivity index (χ1) is 12.6. The zero-order chi connectivity index (χ0) is 18.1. The second kappa shape index (κ2) is 8.08. The van der Waals surface area contributed by atoms with Crippen molar-refractivity contribution in [3.05, 3.63) is 59.7 Å². The van der Waals surface area contributed by atoms with Crippen LogP contribution in [0.5, 0.6) is 0 Å². The summed E-state index contributed by atoms with van der Waals surface area (Å²) in [6.45, 7) is 1.09. The van der Waals surface area contributed by atoms with E-state index in [1.54, 1.807) is 29.2 Å². The lowest BCUT2D eigenvalue weighted by Gasteiger charge is -2.18. The quantitative estimate of drug-likeness (QED) is 0.752. The zero-order valence-electron chi connectivity index (χ0n) is 14.7. The van der Waals surface area contributed by atoms with Gasteiger partial charge in [0.05, 0.1) is 12.1 Å². The fourth-order valence-corrected chi connectivity index (χ4v) is 3.58. The second-order valence-electron chi connectivity index (χ2n) is 6.76. The van der Waals surface area contributed by atoms with Gasteiger partial charge in [-0.1, -0.05) is 24.3 Å². The fourth-order valence-electron chi connectivity index (χ4n) is 3.58. The number of carbonyl (C=O) groups excluding carboxylic acids is 2. The lowest BCUT2D eigenvalue weighted by molar-refractivity contribution is -0.117. The molecule has 0 saturated carbocycles. The minimum Gasteiger partial charge on any atom is -0.392 e. The summed E-state index contributed by atoms with van der Waals surface area (Å²) in [4.78, 5) is 27.0. The number of aliphatic hydroxyl groups excluding tert-OH is 1. The summed E-state index contributed by atoms with van der Waals surface area (Å²) in [6, 6.07) is 14.5. The molecule has 0 aliphatic carbocycles. The number of fused-ring (bicyclic) bond motifs is 1. The van der Waals surface area contributed by atoms with E-state index < -0.39 is 12.1 Å².